The summed E-state index contributed by atoms with van der Waals surface area (Å²) in [6.45, 7) is 5.98. The van der Waals surface area contributed by atoms with E-state index in [1.54, 1.807) is 14.2 Å². The van der Waals surface area contributed by atoms with Gasteiger partial charge in [-0.1, -0.05) is 6.07 Å². The summed E-state index contributed by atoms with van der Waals surface area (Å²) < 4.78 is 11.6. The summed E-state index contributed by atoms with van der Waals surface area (Å²) >= 11 is 1.26. The molecule has 2 fully saturated rings. The molecule has 1 aliphatic carbocycles. The summed E-state index contributed by atoms with van der Waals surface area (Å²) in [7, 11) is 3.25. The number of morpholine rings is 1. The number of rotatable bonds is 6. The number of fused-ring (bicyclic) bond motifs is 1. The lowest BCUT2D eigenvalue weighted by molar-refractivity contribution is 0.122. The molecule has 1 saturated heterocycles. The Labute approximate surface area is 205 Å². The molecular formula is C26H34N4O3S. The second-order valence-electron chi connectivity index (χ2n) is 8.87. The molecule has 2 heterocycles. The third kappa shape index (κ3) is 5.63. The predicted molar refractivity (Wildman–Crippen MR) is 139 cm³/mol. The molecule has 34 heavy (non-hydrogen) atoms. The number of benzene rings is 2. The van der Waals surface area contributed by atoms with Crippen molar-refractivity contribution in [1.29, 1.82) is 0 Å². The van der Waals surface area contributed by atoms with Crippen LogP contribution in [0.5, 0.6) is 0 Å². The predicted octanol–water partition coefficient (Wildman–Crippen LogP) is 3.89. The number of hydrogen-bond acceptors (Lipinski definition) is 7. The van der Waals surface area contributed by atoms with Gasteiger partial charge in [0.2, 0.25) is 0 Å². The number of anilines is 1. The zero-order valence-electron chi connectivity index (χ0n) is 20.3. The molecule has 0 bridgehead atoms. The SMILES string of the molecule is COC.Cc1cc(SN)ccc1CCn1c(C2CC2)nc2cc(N3CCOCC3)ccc2c1=O. The Balaban J connectivity index is 0.000000868. The van der Waals surface area contributed by atoms with E-state index in [4.69, 9.17) is 14.9 Å². The molecule has 0 atom stereocenters. The molecule has 0 radical (unpaired) electrons. The minimum atomic E-state index is 0.0761. The van der Waals surface area contributed by atoms with Crippen LogP contribution >= 0.6 is 11.9 Å². The van der Waals surface area contributed by atoms with Crippen molar-refractivity contribution in [1.82, 2.24) is 9.55 Å². The van der Waals surface area contributed by atoms with E-state index in [1.165, 1.54) is 23.1 Å². The maximum atomic E-state index is 13.4. The lowest BCUT2D eigenvalue weighted by Gasteiger charge is -2.29. The summed E-state index contributed by atoms with van der Waals surface area (Å²) in [6.07, 6.45) is 3.03. The zero-order valence-corrected chi connectivity index (χ0v) is 21.1. The smallest absolute Gasteiger partial charge is 0.261 e. The van der Waals surface area contributed by atoms with Crippen LogP contribution in [0.25, 0.3) is 10.9 Å². The van der Waals surface area contributed by atoms with Gasteiger partial charge in [-0.05, 0) is 79.6 Å². The molecule has 2 aromatic carbocycles. The number of methoxy groups -OCH3 is 1. The highest BCUT2D eigenvalue weighted by Gasteiger charge is 2.29. The first-order valence-corrected chi connectivity index (χ1v) is 12.7. The van der Waals surface area contributed by atoms with E-state index in [9.17, 15) is 4.79 Å². The van der Waals surface area contributed by atoms with Gasteiger partial charge in [0, 0.05) is 50.4 Å². The van der Waals surface area contributed by atoms with Crippen molar-refractivity contribution in [3.8, 4) is 0 Å². The van der Waals surface area contributed by atoms with Crippen molar-refractivity contribution in [3.63, 3.8) is 0 Å². The van der Waals surface area contributed by atoms with Crippen molar-refractivity contribution in [3.05, 3.63) is 63.7 Å². The monoisotopic (exact) mass is 482 g/mol. The van der Waals surface area contributed by atoms with Crippen molar-refractivity contribution in [2.75, 3.05) is 45.4 Å². The molecule has 7 nitrogen and oxygen atoms in total. The molecule has 5 rings (SSSR count). The molecule has 2 N–H and O–H groups in total. The average Bonchev–Trinajstić information content (AvgIpc) is 3.70. The Bertz CT molecular complexity index is 1190. The van der Waals surface area contributed by atoms with Gasteiger partial charge >= 0.3 is 0 Å². The number of nitrogens with zero attached hydrogens (tertiary/aromatic N) is 3. The molecule has 0 amide bonds. The van der Waals surface area contributed by atoms with E-state index in [0.717, 1.165) is 67.5 Å². The highest BCUT2D eigenvalue weighted by molar-refractivity contribution is 7.97. The lowest BCUT2D eigenvalue weighted by atomic mass is 10.1. The van der Waals surface area contributed by atoms with Crippen molar-refractivity contribution >= 4 is 28.5 Å². The zero-order chi connectivity index (χ0) is 24.1. The van der Waals surface area contributed by atoms with Crippen molar-refractivity contribution in [2.45, 2.75) is 43.5 Å². The molecular weight excluding hydrogens is 448 g/mol. The molecule has 2 aliphatic rings. The van der Waals surface area contributed by atoms with Gasteiger partial charge in [-0.3, -0.25) is 14.5 Å². The fourth-order valence-corrected chi connectivity index (χ4v) is 4.76. The molecule has 1 aliphatic heterocycles. The Kier molecular flexibility index (Phi) is 8.26. The van der Waals surface area contributed by atoms with Gasteiger partial charge in [-0.25, -0.2) is 4.98 Å². The van der Waals surface area contributed by atoms with Crippen molar-refractivity contribution in [2.24, 2.45) is 5.14 Å². The van der Waals surface area contributed by atoms with Gasteiger partial charge < -0.3 is 14.4 Å². The van der Waals surface area contributed by atoms with Crippen LogP contribution in [0.1, 0.15) is 35.7 Å². The fraction of sp³-hybridized carbons (Fsp3) is 0.462. The average molecular weight is 483 g/mol. The van der Waals surface area contributed by atoms with Gasteiger partial charge in [0.25, 0.3) is 5.56 Å². The third-order valence-electron chi connectivity index (χ3n) is 6.34. The fourth-order valence-electron chi connectivity index (χ4n) is 4.37. The molecule has 0 spiro atoms. The summed E-state index contributed by atoms with van der Waals surface area (Å²) in [6, 6.07) is 12.3. The standard InChI is InChI=1S/C24H28N4O2S.C2H6O/c1-16-14-20(31-25)6-4-17(16)8-9-28-23(18-2-3-18)26-22-15-19(5-7-21(22)24(28)29)27-10-12-30-13-11-27;1-3-2/h4-7,14-15,18H,2-3,8-13,25H2,1H3;1-2H3. The van der Waals surface area contributed by atoms with E-state index < -0.39 is 0 Å². The van der Waals surface area contributed by atoms with Crippen LogP contribution < -0.4 is 15.6 Å². The molecule has 0 unspecified atom stereocenters. The molecule has 1 saturated carbocycles. The van der Waals surface area contributed by atoms with Crippen LogP contribution in [0.15, 0.2) is 46.1 Å². The van der Waals surface area contributed by atoms with Gasteiger partial charge in [0.05, 0.1) is 24.1 Å². The summed E-state index contributed by atoms with van der Waals surface area (Å²) in [5, 5.41) is 6.38. The lowest BCUT2D eigenvalue weighted by Crippen LogP contribution is -2.36. The maximum Gasteiger partial charge on any atom is 0.261 e. The molecule has 8 heteroatoms. The molecule has 3 aromatic rings. The van der Waals surface area contributed by atoms with Crippen LogP contribution in [0.2, 0.25) is 0 Å². The maximum absolute atomic E-state index is 13.4. The van der Waals surface area contributed by atoms with Crippen LogP contribution in [0.3, 0.4) is 0 Å². The first kappa shape index (κ1) is 24.7. The van der Waals surface area contributed by atoms with E-state index in [1.807, 2.05) is 22.8 Å². The second-order valence-corrected chi connectivity index (χ2v) is 9.57. The quantitative estimate of drug-likeness (QED) is 0.534. The highest BCUT2D eigenvalue weighted by Crippen LogP contribution is 2.39. The number of nitrogens with two attached hydrogens (primary N) is 1. The summed E-state index contributed by atoms with van der Waals surface area (Å²) in [5.74, 6) is 1.35. The van der Waals surface area contributed by atoms with Crippen LogP contribution in [-0.4, -0.2) is 50.1 Å². The van der Waals surface area contributed by atoms with E-state index >= 15 is 0 Å². The number of aryl methyl sites for hydroxylation is 2. The Morgan fingerprint density at radius 3 is 2.53 bits per heavy atom. The number of aromatic nitrogens is 2. The highest BCUT2D eigenvalue weighted by atomic mass is 32.2. The Hall–Kier alpha value is -2.39. The Morgan fingerprint density at radius 2 is 1.88 bits per heavy atom. The first-order valence-electron chi connectivity index (χ1n) is 11.8. The minimum Gasteiger partial charge on any atom is -0.388 e. The first-order chi connectivity index (χ1) is 16.5. The Morgan fingerprint density at radius 1 is 1.15 bits per heavy atom. The largest absolute Gasteiger partial charge is 0.388 e. The minimum absolute atomic E-state index is 0.0761. The van der Waals surface area contributed by atoms with Crippen LogP contribution in [0, 0.1) is 6.92 Å². The number of hydrogen-bond donors (Lipinski definition) is 1. The van der Waals surface area contributed by atoms with Gasteiger partial charge in [-0.2, -0.15) is 0 Å². The summed E-state index contributed by atoms with van der Waals surface area (Å²) in [4.78, 5) is 21.8. The van der Waals surface area contributed by atoms with Gasteiger partial charge in [-0.15, -0.1) is 0 Å². The van der Waals surface area contributed by atoms with E-state index in [0.29, 0.717) is 17.8 Å². The van der Waals surface area contributed by atoms with E-state index in [2.05, 4.69) is 34.8 Å². The topological polar surface area (TPSA) is 82.6 Å². The third-order valence-corrected chi connectivity index (χ3v) is 6.87. The second kappa shape index (κ2) is 11.4. The molecule has 182 valence electrons. The van der Waals surface area contributed by atoms with Crippen LogP contribution in [0.4, 0.5) is 5.69 Å². The van der Waals surface area contributed by atoms with Crippen molar-refractivity contribution < 1.29 is 9.47 Å². The van der Waals surface area contributed by atoms with Gasteiger partial charge in [0.1, 0.15) is 5.82 Å². The number of ether oxygens (including phenoxy) is 2. The summed E-state index contributed by atoms with van der Waals surface area (Å²) in [5.41, 5.74) is 4.46. The van der Waals surface area contributed by atoms with Gasteiger partial charge in [0.15, 0.2) is 0 Å². The normalized spacial score (nSPS) is 15.8. The van der Waals surface area contributed by atoms with Crippen LogP contribution in [-0.2, 0) is 22.4 Å². The van der Waals surface area contributed by atoms with E-state index in [-0.39, 0.29) is 5.56 Å². The molecule has 1 aromatic heterocycles.